The molecule has 0 aliphatic heterocycles. The monoisotopic (exact) mass is 284 g/mol. The maximum atomic E-state index is 11.8. The number of carbonyl (C=O) groups excluding carboxylic acids is 1. The third-order valence-corrected chi connectivity index (χ3v) is 3.81. The molecular formula is C17H20N2O2. The highest BCUT2D eigenvalue weighted by Gasteiger charge is 2.17. The van der Waals surface area contributed by atoms with E-state index in [1.54, 1.807) is 0 Å². The predicted octanol–water partition coefficient (Wildman–Crippen LogP) is 3.56. The molecule has 2 aromatic rings. The lowest BCUT2D eigenvalue weighted by molar-refractivity contribution is 0.0972. The molecule has 0 unspecified atom stereocenters. The Balaban J connectivity index is 1.69. The molecule has 21 heavy (non-hydrogen) atoms. The molecule has 0 amide bonds. The number of rotatable bonds is 4. The van der Waals surface area contributed by atoms with Crippen molar-refractivity contribution in [1.29, 1.82) is 0 Å². The minimum atomic E-state index is 0.249. The summed E-state index contributed by atoms with van der Waals surface area (Å²) in [7, 11) is 0. The van der Waals surface area contributed by atoms with Gasteiger partial charge in [-0.25, -0.2) is 0 Å². The van der Waals surface area contributed by atoms with Gasteiger partial charge in [-0.05, 0) is 56.5 Å². The Hall–Kier alpha value is -2.10. The van der Waals surface area contributed by atoms with Gasteiger partial charge in [-0.2, -0.15) is 5.10 Å². The maximum absolute atomic E-state index is 11.8. The zero-order valence-corrected chi connectivity index (χ0v) is 12.5. The molecule has 1 heterocycles. The lowest BCUT2D eigenvalue weighted by atomic mass is 9.90. The smallest absolute Gasteiger partial charge is 0.163 e. The Bertz CT molecular complexity index is 659. The Morgan fingerprint density at radius 1 is 1.29 bits per heavy atom. The van der Waals surface area contributed by atoms with Crippen LogP contribution in [0.1, 0.15) is 54.3 Å². The fourth-order valence-corrected chi connectivity index (χ4v) is 2.61. The summed E-state index contributed by atoms with van der Waals surface area (Å²) in [5.74, 6) is 1.06. The second-order valence-corrected chi connectivity index (χ2v) is 5.77. The lowest BCUT2D eigenvalue weighted by Gasteiger charge is -2.15. The highest BCUT2D eigenvalue weighted by molar-refractivity contribution is 5.98. The first-order chi connectivity index (χ1) is 10.1. The number of nitrogens with zero attached hydrogens (tertiary/aromatic N) is 2. The fraction of sp³-hybridized carbons (Fsp3) is 0.412. The molecule has 0 bridgehead atoms. The lowest BCUT2D eigenvalue weighted by Crippen LogP contribution is -2.10. The minimum Gasteiger partial charge on any atom is -0.487 e. The van der Waals surface area contributed by atoms with E-state index in [-0.39, 0.29) is 5.78 Å². The van der Waals surface area contributed by atoms with Gasteiger partial charge in [0.25, 0.3) is 0 Å². The van der Waals surface area contributed by atoms with E-state index in [4.69, 9.17) is 4.74 Å². The summed E-state index contributed by atoms with van der Waals surface area (Å²) < 4.78 is 7.72. The summed E-state index contributed by atoms with van der Waals surface area (Å²) in [6, 6.07) is 8.09. The number of aryl methyl sites for hydroxylation is 1. The van der Waals surface area contributed by atoms with E-state index in [0.29, 0.717) is 19.1 Å². The first-order valence-electron chi connectivity index (χ1n) is 7.46. The molecule has 0 saturated carbocycles. The summed E-state index contributed by atoms with van der Waals surface area (Å²) in [5.41, 5.74) is 2.88. The van der Waals surface area contributed by atoms with Gasteiger partial charge in [0, 0.05) is 24.2 Å². The second kappa shape index (κ2) is 5.72. The topological polar surface area (TPSA) is 44.1 Å². The SMILES string of the molecule is CC(C)n1ccc(COc2ccc3c(c2)CCCC3=O)n1. The number of carbonyl (C=O) groups is 1. The van der Waals surface area contributed by atoms with Gasteiger partial charge in [0.15, 0.2) is 5.78 Å². The molecule has 1 aliphatic carbocycles. The average Bonchev–Trinajstić information content (AvgIpc) is 2.94. The molecule has 4 nitrogen and oxygen atoms in total. The molecule has 1 aliphatic rings. The molecule has 0 fully saturated rings. The number of hydrogen-bond acceptors (Lipinski definition) is 3. The van der Waals surface area contributed by atoms with E-state index in [2.05, 4.69) is 18.9 Å². The number of fused-ring (bicyclic) bond motifs is 1. The van der Waals surface area contributed by atoms with Crippen molar-refractivity contribution in [1.82, 2.24) is 9.78 Å². The van der Waals surface area contributed by atoms with Crippen molar-refractivity contribution in [2.75, 3.05) is 0 Å². The summed E-state index contributed by atoms with van der Waals surface area (Å²) in [5, 5.41) is 4.46. The van der Waals surface area contributed by atoms with Crippen LogP contribution in [0.5, 0.6) is 5.75 Å². The quantitative estimate of drug-likeness (QED) is 0.862. The van der Waals surface area contributed by atoms with Crippen LogP contribution >= 0.6 is 0 Å². The van der Waals surface area contributed by atoms with Gasteiger partial charge in [0.1, 0.15) is 12.4 Å². The van der Waals surface area contributed by atoms with Gasteiger partial charge in [-0.1, -0.05) is 0 Å². The van der Waals surface area contributed by atoms with Crippen molar-refractivity contribution in [3.63, 3.8) is 0 Å². The highest BCUT2D eigenvalue weighted by Crippen LogP contribution is 2.25. The van der Waals surface area contributed by atoms with Crippen molar-refractivity contribution in [2.24, 2.45) is 0 Å². The van der Waals surface area contributed by atoms with E-state index >= 15 is 0 Å². The van der Waals surface area contributed by atoms with Crippen molar-refractivity contribution in [3.05, 3.63) is 47.3 Å². The first kappa shape index (κ1) is 13.9. The molecule has 3 rings (SSSR count). The van der Waals surface area contributed by atoms with Crippen molar-refractivity contribution in [2.45, 2.75) is 45.8 Å². The standard InChI is InChI=1S/C17H20N2O2/c1-12(2)19-9-8-14(18-19)11-21-15-6-7-16-13(10-15)4-3-5-17(16)20/h6-10,12H,3-5,11H2,1-2H3. The van der Waals surface area contributed by atoms with Gasteiger partial charge >= 0.3 is 0 Å². The van der Waals surface area contributed by atoms with E-state index in [1.807, 2.05) is 35.1 Å². The largest absolute Gasteiger partial charge is 0.487 e. The number of benzene rings is 1. The molecule has 0 radical (unpaired) electrons. The molecule has 4 heteroatoms. The molecule has 0 atom stereocenters. The third kappa shape index (κ3) is 2.99. The number of ether oxygens (including phenoxy) is 1. The predicted molar refractivity (Wildman–Crippen MR) is 80.7 cm³/mol. The number of Topliss-reactive ketones (excluding diaryl/α,β-unsaturated/α-hetero) is 1. The second-order valence-electron chi connectivity index (χ2n) is 5.77. The van der Waals surface area contributed by atoms with Crippen LogP contribution in [0.4, 0.5) is 0 Å². The molecular weight excluding hydrogens is 264 g/mol. The summed E-state index contributed by atoms with van der Waals surface area (Å²) in [6.07, 6.45) is 4.53. The molecule has 0 saturated heterocycles. The first-order valence-corrected chi connectivity index (χ1v) is 7.46. The summed E-state index contributed by atoms with van der Waals surface area (Å²) in [4.78, 5) is 11.8. The average molecular weight is 284 g/mol. The number of aromatic nitrogens is 2. The fourth-order valence-electron chi connectivity index (χ4n) is 2.61. The van der Waals surface area contributed by atoms with Crippen LogP contribution in [0, 0.1) is 0 Å². The zero-order chi connectivity index (χ0) is 14.8. The van der Waals surface area contributed by atoms with E-state index in [0.717, 1.165) is 35.4 Å². The van der Waals surface area contributed by atoms with E-state index < -0.39 is 0 Å². The van der Waals surface area contributed by atoms with Gasteiger partial charge in [0.05, 0.1) is 5.69 Å². The normalized spacial score (nSPS) is 14.3. The minimum absolute atomic E-state index is 0.249. The maximum Gasteiger partial charge on any atom is 0.163 e. The Morgan fingerprint density at radius 2 is 2.14 bits per heavy atom. The summed E-state index contributed by atoms with van der Waals surface area (Å²) >= 11 is 0. The van der Waals surface area contributed by atoms with Crippen molar-refractivity contribution >= 4 is 5.78 Å². The van der Waals surface area contributed by atoms with Crippen LogP contribution in [0.15, 0.2) is 30.5 Å². The van der Waals surface area contributed by atoms with Gasteiger partial charge < -0.3 is 4.74 Å². The zero-order valence-electron chi connectivity index (χ0n) is 12.5. The van der Waals surface area contributed by atoms with Gasteiger partial charge in [-0.15, -0.1) is 0 Å². The molecule has 1 aromatic heterocycles. The van der Waals surface area contributed by atoms with Crippen molar-refractivity contribution < 1.29 is 9.53 Å². The van der Waals surface area contributed by atoms with E-state index in [9.17, 15) is 4.79 Å². The number of ketones is 1. The van der Waals surface area contributed by atoms with Crippen LogP contribution in [-0.2, 0) is 13.0 Å². The van der Waals surface area contributed by atoms with E-state index in [1.165, 1.54) is 0 Å². The molecule has 0 N–H and O–H groups in total. The van der Waals surface area contributed by atoms with Crippen LogP contribution < -0.4 is 4.74 Å². The highest BCUT2D eigenvalue weighted by atomic mass is 16.5. The van der Waals surface area contributed by atoms with Gasteiger partial charge in [0.2, 0.25) is 0 Å². The van der Waals surface area contributed by atoms with Crippen LogP contribution in [0.2, 0.25) is 0 Å². The third-order valence-electron chi connectivity index (χ3n) is 3.81. The molecule has 110 valence electrons. The van der Waals surface area contributed by atoms with Crippen LogP contribution in [-0.4, -0.2) is 15.6 Å². The van der Waals surface area contributed by atoms with Gasteiger partial charge in [-0.3, -0.25) is 9.48 Å². The summed E-state index contributed by atoms with van der Waals surface area (Å²) in [6.45, 7) is 4.64. The number of hydrogen-bond donors (Lipinski definition) is 0. The van der Waals surface area contributed by atoms with Crippen LogP contribution in [0.3, 0.4) is 0 Å². The Labute approximate surface area is 124 Å². The molecule has 0 spiro atoms. The van der Waals surface area contributed by atoms with Crippen LogP contribution in [0.25, 0.3) is 0 Å². The molecule has 1 aromatic carbocycles. The Kier molecular flexibility index (Phi) is 3.78. The van der Waals surface area contributed by atoms with Crippen molar-refractivity contribution in [3.8, 4) is 5.75 Å². The Morgan fingerprint density at radius 3 is 2.90 bits per heavy atom.